The number of hydrogen-bond donors (Lipinski definition) is 1. The zero-order valence-electron chi connectivity index (χ0n) is 16.8. The van der Waals surface area contributed by atoms with Gasteiger partial charge in [-0.25, -0.2) is 4.79 Å². The first-order valence-corrected chi connectivity index (χ1v) is 10.6. The van der Waals surface area contributed by atoms with Crippen LogP contribution in [0.2, 0.25) is 5.02 Å². The summed E-state index contributed by atoms with van der Waals surface area (Å²) in [7, 11) is 1.49. The molecule has 0 saturated carbocycles. The van der Waals surface area contributed by atoms with Crippen molar-refractivity contribution in [3.63, 3.8) is 0 Å². The fourth-order valence-corrected chi connectivity index (χ4v) is 4.16. The number of carbonyl (C=O) groups excluding carboxylic acids is 1. The van der Waals surface area contributed by atoms with Crippen LogP contribution in [0.15, 0.2) is 76.6 Å². The van der Waals surface area contributed by atoms with Crippen LogP contribution in [0.1, 0.15) is 27.4 Å². The maximum Gasteiger partial charge on any atom is 0.343 e. The molecule has 4 rings (SSSR count). The van der Waals surface area contributed by atoms with E-state index < -0.39 is 11.9 Å². The van der Waals surface area contributed by atoms with Crippen LogP contribution in [0.3, 0.4) is 0 Å². The third-order valence-electron chi connectivity index (χ3n) is 4.97. The third-order valence-corrected chi connectivity index (χ3v) is 5.76. The number of nitrogens with two attached hydrogens (primary N) is 1. The Balaban J connectivity index is 1.67. The molecule has 0 bridgehead atoms. The quantitative estimate of drug-likeness (QED) is 0.365. The fraction of sp³-hybridized carbons (Fsp3) is 0.0833. The molecule has 3 aromatic rings. The molecule has 0 spiro atoms. The zero-order valence-corrected chi connectivity index (χ0v) is 19.1. The second-order valence-electron chi connectivity index (χ2n) is 6.92. The number of allylic oxidation sites excluding steroid dienone is 1. The molecule has 2 N–H and O–H groups in total. The van der Waals surface area contributed by atoms with E-state index in [-0.39, 0.29) is 17.2 Å². The molecule has 0 amide bonds. The molecule has 1 heterocycles. The van der Waals surface area contributed by atoms with Crippen LogP contribution >= 0.6 is 27.5 Å². The van der Waals surface area contributed by atoms with E-state index in [1.165, 1.54) is 13.2 Å². The van der Waals surface area contributed by atoms with E-state index in [4.69, 9.17) is 31.5 Å². The van der Waals surface area contributed by atoms with Crippen molar-refractivity contribution in [3.8, 4) is 23.3 Å². The first-order valence-electron chi connectivity index (χ1n) is 9.44. The van der Waals surface area contributed by atoms with Gasteiger partial charge in [-0.1, -0.05) is 45.7 Å². The van der Waals surface area contributed by atoms with Crippen molar-refractivity contribution in [2.75, 3.05) is 7.11 Å². The average molecular weight is 512 g/mol. The summed E-state index contributed by atoms with van der Waals surface area (Å²) < 4.78 is 17.2. The van der Waals surface area contributed by atoms with Crippen LogP contribution in [0.4, 0.5) is 0 Å². The number of methoxy groups -OCH3 is 1. The van der Waals surface area contributed by atoms with Crippen LogP contribution in [0.5, 0.6) is 17.2 Å². The Morgan fingerprint density at radius 1 is 1.19 bits per heavy atom. The SMILES string of the molecule is COc1ccc(C(=O)Oc2ccc3c(c2)OC(N)=C(C#N)C3c2cccc(Br)c2)cc1Cl. The molecule has 0 aliphatic carbocycles. The van der Waals surface area contributed by atoms with Gasteiger partial charge < -0.3 is 19.9 Å². The molecular formula is C24H16BrClN2O4. The molecule has 6 nitrogen and oxygen atoms in total. The summed E-state index contributed by atoms with van der Waals surface area (Å²) in [6.45, 7) is 0. The molecule has 1 unspecified atom stereocenters. The van der Waals surface area contributed by atoms with Crippen molar-refractivity contribution >= 4 is 33.5 Å². The summed E-state index contributed by atoms with van der Waals surface area (Å²) in [5.74, 6) is 0.142. The molecule has 0 saturated heterocycles. The maximum atomic E-state index is 12.6. The number of ether oxygens (including phenoxy) is 3. The Kier molecular flexibility index (Phi) is 6.08. The van der Waals surface area contributed by atoms with E-state index >= 15 is 0 Å². The molecular weight excluding hydrogens is 496 g/mol. The fourth-order valence-electron chi connectivity index (χ4n) is 3.49. The van der Waals surface area contributed by atoms with Gasteiger partial charge in [0, 0.05) is 16.1 Å². The largest absolute Gasteiger partial charge is 0.495 e. The van der Waals surface area contributed by atoms with Gasteiger partial charge in [0.05, 0.1) is 23.6 Å². The highest BCUT2D eigenvalue weighted by atomic mass is 79.9. The number of nitriles is 1. The Morgan fingerprint density at radius 3 is 2.69 bits per heavy atom. The molecule has 0 radical (unpaired) electrons. The Bertz CT molecular complexity index is 1300. The maximum absolute atomic E-state index is 12.6. The molecule has 1 atom stereocenters. The van der Waals surface area contributed by atoms with E-state index in [9.17, 15) is 10.1 Å². The van der Waals surface area contributed by atoms with Gasteiger partial charge in [-0.3, -0.25) is 0 Å². The smallest absolute Gasteiger partial charge is 0.343 e. The van der Waals surface area contributed by atoms with Crippen LogP contribution in [0.25, 0.3) is 0 Å². The normalized spacial score (nSPS) is 14.8. The minimum atomic E-state index is -0.588. The lowest BCUT2D eigenvalue weighted by Gasteiger charge is -2.26. The van der Waals surface area contributed by atoms with Gasteiger partial charge in [0.15, 0.2) is 0 Å². The molecule has 8 heteroatoms. The van der Waals surface area contributed by atoms with Gasteiger partial charge in [0.1, 0.15) is 28.9 Å². The summed E-state index contributed by atoms with van der Waals surface area (Å²) >= 11 is 9.56. The van der Waals surface area contributed by atoms with Crippen molar-refractivity contribution in [3.05, 3.63) is 98.3 Å². The van der Waals surface area contributed by atoms with Crippen molar-refractivity contribution in [1.82, 2.24) is 0 Å². The van der Waals surface area contributed by atoms with Crippen LogP contribution < -0.4 is 19.9 Å². The van der Waals surface area contributed by atoms with Crippen molar-refractivity contribution in [1.29, 1.82) is 5.26 Å². The van der Waals surface area contributed by atoms with E-state index in [0.29, 0.717) is 22.1 Å². The van der Waals surface area contributed by atoms with Crippen molar-refractivity contribution in [2.24, 2.45) is 5.73 Å². The average Bonchev–Trinajstić information content (AvgIpc) is 2.78. The van der Waals surface area contributed by atoms with Gasteiger partial charge in [0.2, 0.25) is 5.88 Å². The summed E-state index contributed by atoms with van der Waals surface area (Å²) in [6, 6.07) is 19.4. The second kappa shape index (κ2) is 8.95. The number of carbonyl (C=O) groups is 1. The summed E-state index contributed by atoms with van der Waals surface area (Å²) in [5, 5.41) is 9.98. The van der Waals surface area contributed by atoms with Crippen molar-refractivity contribution in [2.45, 2.75) is 5.92 Å². The molecule has 0 aromatic heterocycles. The van der Waals surface area contributed by atoms with Crippen molar-refractivity contribution < 1.29 is 19.0 Å². The van der Waals surface area contributed by atoms with E-state index in [1.807, 2.05) is 24.3 Å². The van der Waals surface area contributed by atoms with Gasteiger partial charge in [-0.05, 0) is 42.0 Å². The number of benzene rings is 3. The highest BCUT2D eigenvalue weighted by Gasteiger charge is 2.31. The first kappa shape index (κ1) is 21.8. The predicted octanol–water partition coefficient (Wildman–Crippen LogP) is 5.55. The second-order valence-corrected chi connectivity index (χ2v) is 8.24. The Labute approximate surface area is 197 Å². The van der Waals surface area contributed by atoms with Gasteiger partial charge in [-0.15, -0.1) is 0 Å². The summed E-state index contributed by atoms with van der Waals surface area (Å²) in [4.78, 5) is 12.6. The number of hydrogen-bond acceptors (Lipinski definition) is 6. The van der Waals surface area contributed by atoms with Crippen LogP contribution in [0, 0.1) is 11.3 Å². The first-order chi connectivity index (χ1) is 15.4. The Morgan fingerprint density at radius 2 is 2.00 bits per heavy atom. The lowest BCUT2D eigenvalue weighted by molar-refractivity contribution is 0.0734. The van der Waals surface area contributed by atoms with Gasteiger partial charge in [-0.2, -0.15) is 5.26 Å². The standard InChI is InChI=1S/C24H16BrClN2O4/c1-30-20-8-5-14(10-19(20)26)24(29)31-16-6-7-17-21(11-16)32-23(28)18(12-27)22(17)13-3-2-4-15(25)9-13/h2-11,22H,28H2,1H3. The zero-order chi connectivity index (χ0) is 22.8. The number of nitrogens with zero attached hydrogens (tertiary/aromatic N) is 1. The summed E-state index contributed by atoms with van der Waals surface area (Å²) in [5.41, 5.74) is 8.24. The number of rotatable bonds is 4. The number of halogens is 2. The number of esters is 1. The molecule has 160 valence electrons. The molecule has 0 fully saturated rings. The molecule has 3 aromatic carbocycles. The topological polar surface area (TPSA) is 94.6 Å². The van der Waals surface area contributed by atoms with Gasteiger partial charge >= 0.3 is 5.97 Å². The van der Waals surface area contributed by atoms with Gasteiger partial charge in [0.25, 0.3) is 0 Å². The predicted molar refractivity (Wildman–Crippen MR) is 123 cm³/mol. The highest BCUT2D eigenvalue weighted by Crippen LogP contribution is 2.43. The van der Waals surface area contributed by atoms with E-state index in [1.54, 1.807) is 30.3 Å². The monoisotopic (exact) mass is 510 g/mol. The van der Waals surface area contributed by atoms with E-state index in [0.717, 1.165) is 15.6 Å². The molecule has 1 aliphatic rings. The van der Waals surface area contributed by atoms with Crippen LogP contribution in [-0.4, -0.2) is 13.1 Å². The minimum absolute atomic E-state index is 0.00962. The lowest BCUT2D eigenvalue weighted by atomic mass is 9.83. The summed E-state index contributed by atoms with van der Waals surface area (Å²) in [6.07, 6.45) is 0. The highest BCUT2D eigenvalue weighted by molar-refractivity contribution is 9.10. The van der Waals surface area contributed by atoms with E-state index in [2.05, 4.69) is 22.0 Å². The Hall–Kier alpha value is -3.47. The lowest BCUT2D eigenvalue weighted by Crippen LogP contribution is -2.21. The number of fused-ring (bicyclic) bond motifs is 1. The van der Waals surface area contributed by atoms with Crippen LogP contribution in [-0.2, 0) is 0 Å². The minimum Gasteiger partial charge on any atom is -0.495 e. The molecule has 1 aliphatic heterocycles. The third kappa shape index (κ3) is 4.15. The molecule has 32 heavy (non-hydrogen) atoms.